The SMILES string of the molecule is CCNC(=O)N1C(=O)N(c2cc(SCC(F)(F)F)c(C)cc2F)C(=O)C1C. The molecule has 1 aliphatic rings. The van der Waals surface area contributed by atoms with E-state index in [0.717, 1.165) is 12.1 Å². The number of amides is 5. The van der Waals surface area contributed by atoms with Crippen LogP contribution in [0.3, 0.4) is 0 Å². The Hall–Kier alpha value is -2.30. The van der Waals surface area contributed by atoms with E-state index >= 15 is 0 Å². The summed E-state index contributed by atoms with van der Waals surface area (Å²) in [7, 11) is 0. The number of thioether (sulfide) groups is 1. The number of rotatable bonds is 4. The zero-order valence-corrected chi connectivity index (χ0v) is 15.5. The first-order valence-electron chi connectivity index (χ1n) is 7.92. The second kappa shape index (κ2) is 7.75. The molecular weight excluding hydrogens is 390 g/mol. The third kappa shape index (κ3) is 4.34. The number of carbonyl (C=O) groups excluding carboxylic acids is 3. The maximum absolute atomic E-state index is 14.4. The monoisotopic (exact) mass is 407 g/mol. The highest BCUT2D eigenvalue weighted by Gasteiger charge is 2.47. The second-order valence-corrected chi connectivity index (χ2v) is 6.83. The first-order chi connectivity index (χ1) is 12.5. The van der Waals surface area contributed by atoms with E-state index in [-0.39, 0.29) is 17.0 Å². The minimum atomic E-state index is -4.44. The number of nitrogens with zero attached hydrogens (tertiary/aromatic N) is 2. The van der Waals surface area contributed by atoms with Crippen LogP contribution in [0.5, 0.6) is 0 Å². The first-order valence-corrected chi connectivity index (χ1v) is 8.91. The predicted molar refractivity (Wildman–Crippen MR) is 91.2 cm³/mol. The number of nitrogens with one attached hydrogen (secondary N) is 1. The number of urea groups is 2. The zero-order chi connectivity index (χ0) is 20.5. The van der Waals surface area contributed by atoms with Crippen LogP contribution in [0.15, 0.2) is 17.0 Å². The van der Waals surface area contributed by atoms with E-state index in [1.54, 1.807) is 6.92 Å². The fourth-order valence-electron chi connectivity index (χ4n) is 2.51. The molecule has 5 amide bonds. The summed E-state index contributed by atoms with van der Waals surface area (Å²) in [6.45, 7) is 4.55. The van der Waals surface area contributed by atoms with Crippen molar-refractivity contribution in [2.75, 3.05) is 17.2 Å². The van der Waals surface area contributed by atoms with E-state index in [1.807, 2.05) is 0 Å². The Bertz CT molecular complexity index is 785. The molecule has 27 heavy (non-hydrogen) atoms. The van der Waals surface area contributed by atoms with E-state index in [4.69, 9.17) is 0 Å². The summed E-state index contributed by atoms with van der Waals surface area (Å²) in [4.78, 5) is 38.2. The van der Waals surface area contributed by atoms with Gasteiger partial charge in [-0.2, -0.15) is 13.2 Å². The van der Waals surface area contributed by atoms with Gasteiger partial charge in [-0.15, -0.1) is 11.8 Å². The second-order valence-electron chi connectivity index (χ2n) is 5.81. The van der Waals surface area contributed by atoms with Crippen LogP contribution in [-0.4, -0.2) is 47.4 Å². The average Bonchev–Trinajstić information content (AvgIpc) is 2.76. The Morgan fingerprint density at radius 1 is 1.30 bits per heavy atom. The van der Waals surface area contributed by atoms with E-state index in [9.17, 15) is 31.9 Å². The van der Waals surface area contributed by atoms with Gasteiger partial charge in [-0.1, -0.05) is 0 Å². The molecule has 2 rings (SSSR count). The van der Waals surface area contributed by atoms with Gasteiger partial charge in [-0.3, -0.25) is 4.79 Å². The van der Waals surface area contributed by atoms with Gasteiger partial charge in [0.05, 0.1) is 11.4 Å². The molecule has 148 valence electrons. The molecule has 1 fully saturated rings. The Morgan fingerprint density at radius 2 is 1.93 bits per heavy atom. The van der Waals surface area contributed by atoms with Crippen LogP contribution < -0.4 is 10.2 Å². The van der Waals surface area contributed by atoms with Crippen molar-refractivity contribution < 1.29 is 31.9 Å². The predicted octanol–water partition coefficient (Wildman–Crippen LogP) is 3.68. The highest BCUT2D eigenvalue weighted by atomic mass is 32.2. The molecule has 1 unspecified atom stereocenters. The van der Waals surface area contributed by atoms with Gasteiger partial charge in [0.2, 0.25) is 0 Å². The van der Waals surface area contributed by atoms with Crippen molar-refractivity contribution in [2.24, 2.45) is 0 Å². The Morgan fingerprint density at radius 3 is 2.48 bits per heavy atom. The summed E-state index contributed by atoms with van der Waals surface area (Å²) < 4.78 is 51.8. The summed E-state index contributed by atoms with van der Waals surface area (Å²) in [6.07, 6.45) is -4.44. The number of alkyl halides is 3. The van der Waals surface area contributed by atoms with Crippen molar-refractivity contribution in [1.29, 1.82) is 0 Å². The maximum Gasteiger partial charge on any atom is 0.398 e. The minimum absolute atomic E-state index is 0.0773. The third-order valence-electron chi connectivity index (χ3n) is 3.79. The van der Waals surface area contributed by atoms with Gasteiger partial charge >= 0.3 is 18.2 Å². The van der Waals surface area contributed by atoms with Gasteiger partial charge in [0.15, 0.2) is 0 Å². The van der Waals surface area contributed by atoms with Crippen molar-refractivity contribution in [2.45, 2.75) is 37.9 Å². The molecule has 1 aromatic carbocycles. The highest BCUT2D eigenvalue weighted by Crippen LogP contribution is 2.35. The van der Waals surface area contributed by atoms with E-state index in [2.05, 4.69) is 5.32 Å². The van der Waals surface area contributed by atoms with Gasteiger partial charge in [-0.25, -0.2) is 23.8 Å². The molecule has 1 atom stereocenters. The quantitative estimate of drug-likeness (QED) is 0.470. The number of imide groups is 2. The highest BCUT2D eigenvalue weighted by molar-refractivity contribution is 7.99. The molecule has 11 heteroatoms. The molecule has 0 saturated carbocycles. The molecule has 0 aliphatic carbocycles. The number of halogens is 4. The smallest absolute Gasteiger partial charge is 0.338 e. The minimum Gasteiger partial charge on any atom is -0.338 e. The summed E-state index contributed by atoms with van der Waals surface area (Å²) in [5, 5.41) is 2.38. The van der Waals surface area contributed by atoms with Gasteiger partial charge in [0.1, 0.15) is 11.9 Å². The van der Waals surface area contributed by atoms with Crippen molar-refractivity contribution in [3.05, 3.63) is 23.5 Å². The van der Waals surface area contributed by atoms with Crippen LogP contribution in [0.25, 0.3) is 0 Å². The van der Waals surface area contributed by atoms with E-state index < -0.39 is 47.4 Å². The Labute approximate surface area is 156 Å². The fourth-order valence-corrected chi connectivity index (χ4v) is 3.32. The molecule has 1 heterocycles. The lowest BCUT2D eigenvalue weighted by molar-refractivity contribution is -0.119. The molecule has 0 spiro atoms. The maximum atomic E-state index is 14.4. The third-order valence-corrected chi connectivity index (χ3v) is 5.01. The lowest BCUT2D eigenvalue weighted by Gasteiger charge is -2.19. The lowest BCUT2D eigenvalue weighted by atomic mass is 10.2. The normalized spacial score (nSPS) is 17.7. The number of aryl methyl sites for hydroxylation is 1. The molecule has 0 bridgehead atoms. The molecule has 0 radical (unpaired) electrons. The number of benzene rings is 1. The number of anilines is 1. The van der Waals surface area contributed by atoms with Gasteiger partial charge in [-0.05, 0) is 38.5 Å². The Balaban J connectivity index is 2.40. The molecule has 0 aromatic heterocycles. The number of hydrogen-bond donors (Lipinski definition) is 1. The number of hydrogen-bond acceptors (Lipinski definition) is 4. The summed E-state index contributed by atoms with van der Waals surface area (Å²) in [6, 6.07) is -1.08. The lowest BCUT2D eigenvalue weighted by Crippen LogP contribution is -2.45. The van der Waals surface area contributed by atoms with Crippen molar-refractivity contribution in [1.82, 2.24) is 10.2 Å². The van der Waals surface area contributed by atoms with E-state index in [1.165, 1.54) is 13.8 Å². The topological polar surface area (TPSA) is 69.7 Å². The van der Waals surface area contributed by atoms with Crippen LogP contribution in [0.1, 0.15) is 19.4 Å². The van der Waals surface area contributed by atoms with Crippen molar-refractivity contribution in [3.63, 3.8) is 0 Å². The number of carbonyl (C=O) groups is 3. The molecule has 1 N–H and O–H groups in total. The zero-order valence-electron chi connectivity index (χ0n) is 14.7. The van der Waals surface area contributed by atoms with Crippen LogP contribution >= 0.6 is 11.8 Å². The van der Waals surface area contributed by atoms with Crippen LogP contribution in [-0.2, 0) is 4.79 Å². The van der Waals surface area contributed by atoms with Crippen molar-refractivity contribution >= 4 is 35.4 Å². The fraction of sp³-hybridized carbons (Fsp3) is 0.438. The average molecular weight is 407 g/mol. The summed E-state index contributed by atoms with van der Waals surface area (Å²) in [5.74, 6) is -3.00. The molecule has 1 saturated heterocycles. The summed E-state index contributed by atoms with van der Waals surface area (Å²) in [5.41, 5.74) is -0.253. The first kappa shape index (κ1) is 21.0. The largest absolute Gasteiger partial charge is 0.398 e. The molecule has 1 aliphatic heterocycles. The van der Waals surface area contributed by atoms with Crippen LogP contribution in [0.4, 0.5) is 32.8 Å². The Kier molecular flexibility index (Phi) is 6.03. The van der Waals surface area contributed by atoms with E-state index in [0.29, 0.717) is 21.6 Å². The van der Waals surface area contributed by atoms with Gasteiger partial charge in [0.25, 0.3) is 5.91 Å². The standard InChI is InChI=1S/C16H17F4N3O3S/c1-4-21-14(25)22-9(3)13(24)23(15(22)26)11-6-12(8(2)5-10(11)17)27-7-16(18,19)20/h5-6,9H,4,7H2,1-3H3,(H,21,25). The molecule has 1 aromatic rings. The van der Waals surface area contributed by atoms with Crippen molar-refractivity contribution in [3.8, 4) is 0 Å². The van der Waals surface area contributed by atoms with Crippen LogP contribution in [0.2, 0.25) is 0 Å². The molecular formula is C16H17F4N3O3S. The van der Waals surface area contributed by atoms with Gasteiger partial charge < -0.3 is 5.32 Å². The molecule has 6 nitrogen and oxygen atoms in total. The van der Waals surface area contributed by atoms with Gasteiger partial charge in [0, 0.05) is 11.4 Å². The van der Waals surface area contributed by atoms with Crippen LogP contribution in [0, 0.1) is 12.7 Å². The summed E-state index contributed by atoms with van der Waals surface area (Å²) >= 11 is 0.420.